The molecule has 0 spiro atoms. The van der Waals surface area contributed by atoms with Crippen LogP contribution in [0.3, 0.4) is 0 Å². The maximum absolute atomic E-state index is 9.67. The van der Waals surface area contributed by atoms with E-state index in [1.807, 2.05) is 0 Å². The van der Waals surface area contributed by atoms with Gasteiger partial charge in [-0.15, -0.1) is 0 Å². The van der Waals surface area contributed by atoms with Crippen LogP contribution in [0.25, 0.3) is 0 Å². The predicted octanol–water partition coefficient (Wildman–Crippen LogP) is 2.77. The van der Waals surface area contributed by atoms with Crippen molar-refractivity contribution >= 4 is 0 Å². The molecule has 17 heavy (non-hydrogen) atoms. The lowest BCUT2D eigenvalue weighted by atomic mass is 10.1. The highest BCUT2D eigenvalue weighted by Crippen LogP contribution is 2.34. The molecule has 94 valence electrons. The Balaban J connectivity index is 1.86. The fraction of sp³-hybridized carbons (Fsp3) is 0.571. The van der Waals surface area contributed by atoms with E-state index in [2.05, 4.69) is 12.2 Å². The molecular weight excluding hydrogens is 214 g/mol. The van der Waals surface area contributed by atoms with Gasteiger partial charge in [0.05, 0.1) is 0 Å². The van der Waals surface area contributed by atoms with E-state index in [1.165, 1.54) is 25.3 Å². The molecule has 3 N–H and O–H groups in total. The third-order valence-electron chi connectivity index (χ3n) is 3.46. The van der Waals surface area contributed by atoms with Gasteiger partial charge in [0.25, 0.3) is 0 Å². The van der Waals surface area contributed by atoms with Crippen molar-refractivity contribution in [3.63, 3.8) is 0 Å². The molecule has 1 fully saturated rings. The quantitative estimate of drug-likeness (QED) is 0.710. The molecule has 3 heteroatoms. The minimum Gasteiger partial charge on any atom is -0.508 e. The molecule has 1 aliphatic carbocycles. The van der Waals surface area contributed by atoms with Crippen molar-refractivity contribution in [3.8, 4) is 11.5 Å². The van der Waals surface area contributed by atoms with Crippen LogP contribution in [0.2, 0.25) is 0 Å². The van der Waals surface area contributed by atoms with E-state index in [4.69, 9.17) is 0 Å². The second-order valence-corrected chi connectivity index (χ2v) is 4.98. The van der Waals surface area contributed by atoms with Crippen LogP contribution in [0, 0.1) is 5.92 Å². The van der Waals surface area contributed by atoms with Gasteiger partial charge in [-0.3, -0.25) is 0 Å². The summed E-state index contributed by atoms with van der Waals surface area (Å²) in [4.78, 5) is 0. The van der Waals surface area contributed by atoms with Crippen LogP contribution in [-0.2, 0) is 6.54 Å². The summed E-state index contributed by atoms with van der Waals surface area (Å²) in [5, 5.41) is 22.4. The van der Waals surface area contributed by atoms with Gasteiger partial charge in [-0.1, -0.05) is 25.8 Å². The fourth-order valence-electron chi connectivity index (χ4n) is 2.11. The molecule has 0 aliphatic heterocycles. The normalized spacial score (nSPS) is 17.0. The molecule has 1 saturated carbocycles. The molecule has 0 radical (unpaired) electrons. The number of phenols is 2. The van der Waals surface area contributed by atoms with Gasteiger partial charge in [-0.05, 0) is 24.8 Å². The zero-order valence-electron chi connectivity index (χ0n) is 10.3. The van der Waals surface area contributed by atoms with E-state index in [0.717, 1.165) is 17.9 Å². The van der Waals surface area contributed by atoms with Gasteiger partial charge < -0.3 is 15.5 Å². The van der Waals surface area contributed by atoms with Gasteiger partial charge in [0, 0.05) is 24.2 Å². The van der Waals surface area contributed by atoms with Crippen LogP contribution in [0.5, 0.6) is 11.5 Å². The van der Waals surface area contributed by atoms with E-state index >= 15 is 0 Å². The van der Waals surface area contributed by atoms with E-state index in [9.17, 15) is 10.2 Å². The molecule has 0 bridgehead atoms. The van der Waals surface area contributed by atoms with E-state index in [0.29, 0.717) is 12.6 Å². The second kappa shape index (κ2) is 5.41. The van der Waals surface area contributed by atoms with E-state index < -0.39 is 0 Å². The summed E-state index contributed by atoms with van der Waals surface area (Å²) in [7, 11) is 0. The SMILES string of the molecule is CCC(CC1CC1)NCc1ccc(O)cc1O. The molecule has 0 saturated heterocycles. The van der Waals surface area contributed by atoms with Gasteiger partial charge >= 0.3 is 0 Å². The minimum absolute atomic E-state index is 0.108. The molecule has 3 nitrogen and oxygen atoms in total. The van der Waals surface area contributed by atoms with Gasteiger partial charge in [0.15, 0.2) is 0 Å². The van der Waals surface area contributed by atoms with Gasteiger partial charge in [0.2, 0.25) is 0 Å². The fourth-order valence-corrected chi connectivity index (χ4v) is 2.11. The number of nitrogens with one attached hydrogen (secondary N) is 1. The summed E-state index contributed by atoms with van der Waals surface area (Å²) in [6.07, 6.45) is 5.12. The highest BCUT2D eigenvalue weighted by atomic mass is 16.3. The van der Waals surface area contributed by atoms with Crippen molar-refractivity contribution in [1.29, 1.82) is 0 Å². The molecule has 0 heterocycles. The number of hydrogen-bond acceptors (Lipinski definition) is 3. The summed E-state index contributed by atoms with van der Waals surface area (Å²) in [5.41, 5.74) is 0.844. The van der Waals surface area contributed by atoms with E-state index in [1.54, 1.807) is 12.1 Å². The molecule has 0 amide bonds. The summed E-state index contributed by atoms with van der Waals surface area (Å²) in [5.74, 6) is 1.19. The lowest BCUT2D eigenvalue weighted by Crippen LogP contribution is -2.28. The highest BCUT2D eigenvalue weighted by molar-refractivity contribution is 5.38. The zero-order valence-corrected chi connectivity index (χ0v) is 10.3. The second-order valence-electron chi connectivity index (χ2n) is 4.98. The Hall–Kier alpha value is -1.22. The summed E-state index contributed by atoms with van der Waals surface area (Å²) in [6, 6.07) is 5.30. The van der Waals surface area contributed by atoms with Crippen LogP contribution in [0.1, 0.15) is 38.2 Å². The van der Waals surface area contributed by atoms with Crippen LogP contribution in [-0.4, -0.2) is 16.3 Å². The van der Waals surface area contributed by atoms with Crippen LogP contribution in [0.4, 0.5) is 0 Å². The summed E-state index contributed by atoms with van der Waals surface area (Å²) >= 11 is 0. The largest absolute Gasteiger partial charge is 0.508 e. The number of benzene rings is 1. The average Bonchev–Trinajstić information content (AvgIpc) is 3.10. The molecule has 0 aromatic heterocycles. The molecule has 1 aromatic carbocycles. The number of aromatic hydroxyl groups is 2. The zero-order chi connectivity index (χ0) is 12.3. The minimum atomic E-state index is 0.108. The first-order chi connectivity index (χ1) is 8.19. The van der Waals surface area contributed by atoms with Crippen molar-refractivity contribution in [3.05, 3.63) is 23.8 Å². The lowest BCUT2D eigenvalue weighted by Gasteiger charge is -2.17. The monoisotopic (exact) mass is 235 g/mol. The summed E-state index contributed by atoms with van der Waals surface area (Å²) in [6.45, 7) is 2.86. The van der Waals surface area contributed by atoms with E-state index in [-0.39, 0.29) is 11.5 Å². The topological polar surface area (TPSA) is 52.5 Å². The van der Waals surface area contributed by atoms with Gasteiger partial charge in [-0.2, -0.15) is 0 Å². The molecule has 2 rings (SSSR count). The smallest absolute Gasteiger partial charge is 0.123 e. The first-order valence-electron chi connectivity index (χ1n) is 6.43. The van der Waals surface area contributed by atoms with Crippen LogP contribution >= 0.6 is 0 Å². The van der Waals surface area contributed by atoms with Crippen molar-refractivity contribution < 1.29 is 10.2 Å². The Bertz CT molecular complexity index is 374. The average molecular weight is 235 g/mol. The van der Waals surface area contributed by atoms with Crippen LogP contribution in [0.15, 0.2) is 18.2 Å². The van der Waals surface area contributed by atoms with Gasteiger partial charge in [-0.25, -0.2) is 0 Å². The maximum atomic E-state index is 9.67. The predicted molar refractivity (Wildman–Crippen MR) is 68.0 cm³/mol. The lowest BCUT2D eigenvalue weighted by molar-refractivity contribution is 0.423. The standard InChI is InChI=1S/C14H21NO2/c1-2-12(7-10-3-4-10)15-9-11-5-6-13(16)8-14(11)17/h5-6,8,10,12,15-17H,2-4,7,9H2,1H3. The Morgan fingerprint density at radius 2 is 2.12 bits per heavy atom. The molecular formula is C14H21NO2. The van der Waals surface area contributed by atoms with Gasteiger partial charge in [0.1, 0.15) is 11.5 Å². The third-order valence-corrected chi connectivity index (χ3v) is 3.46. The Labute approximate surface area is 102 Å². The Kier molecular flexibility index (Phi) is 3.89. The maximum Gasteiger partial charge on any atom is 0.123 e. The molecule has 1 unspecified atom stereocenters. The van der Waals surface area contributed by atoms with Crippen molar-refractivity contribution in [2.24, 2.45) is 5.92 Å². The number of rotatable bonds is 6. The van der Waals surface area contributed by atoms with Crippen molar-refractivity contribution in [2.75, 3.05) is 0 Å². The third kappa shape index (κ3) is 3.63. The van der Waals surface area contributed by atoms with Crippen molar-refractivity contribution in [1.82, 2.24) is 5.32 Å². The van der Waals surface area contributed by atoms with Crippen LogP contribution < -0.4 is 5.32 Å². The molecule has 1 aromatic rings. The van der Waals surface area contributed by atoms with Crippen molar-refractivity contribution in [2.45, 2.75) is 45.2 Å². The molecule has 1 aliphatic rings. The molecule has 1 atom stereocenters. The number of hydrogen-bond donors (Lipinski definition) is 3. The first-order valence-corrected chi connectivity index (χ1v) is 6.43. The Morgan fingerprint density at radius 1 is 1.35 bits per heavy atom. The first kappa shape index (κ1) is 12.2. The Morgan fingerprint density at radius 3 is 2.71 bits per heavy atom. The summed E-state index contributed by atoms with van der Waals surface area (Å²) < 4.78 is 0. The highest BCUT2D eigenvalue weighted by Gasteiger charge is 2.24. The number of phenolic OH excluding ortho intramolecular Hbond substituents is 2.